The first kappa shape index (κ1) is 13.8. The number of hydrogen-bond acceptors (Lipinski definition) is 3. The first-order chi connectivity index (χ1) is 7.92. The SMILES string of the molecule is COc1cccc(OC)c1C(C)(C)CC(C)O. The molecule has 0 radical (unpaired) electrons. The van der Waals surface area contributed by atoms with Crippen molar-refractivity contribution in [1.82, 2.24) is 0 Å². The second-order valence-electron chi connectivity index (χ2n) is 4.97. The molecule has 0 bridgehead atoms. The highest BCUT2D eigenvalue weighted by atomic mass is 16.5. The average molecular weight is 238 g/mol. The van der Waals surface area contributed by atoms with Gasteiger partial charge in [0.2, 0.25) is 0 Å². The number of methoxy groups -OCH3 is 2. The molecule has 1 atom stereocenters. The van der Waals surface area contributed by atoms with Crippen LogP contribution in [0.2, 0.25) is 0 Å². The molecule has 1 aromatic carbocycles. The van der Waals surface area contributed by atoms with Crippen LogP contribution in [-0.4, -0.2) is 25.4 Å². The molecule has 96 valence electrons. The second-order valence-corrected chi connectivity index (χ2v) is 4.97. The van der Waals surface area contributed by atoms with Gasteiger partial charge in [0.25, 0.3) is 0 Å². The molecule has 0 aliphatic rings. The highest BCUT2D eigenvalue weighted by Gasteiger charge is 2.29. The second kappa shape index (κ2) is 5.41. The van der Waals surface area contributed by atoms with Crippen LogP contribution in [0.3, 0.4) is 0 Å². The molecule has 0 heterocycles. The molecule has 1 N–H and O–H groups in total. The fraction of sp³-hybridized carbons (Fsp3) is 0.571. The largest absolute Gasteiger partial charge is 0.496 e. The smallest absolute Gasteiger partial charge is 0.126 e. The third-order valence-corrected chi connectivity index (χ3v) is 2.91. The van der Waals surface area contributed by atoms with Crippen molar-refractivity contribution in [3.8, 4) is 11.5 Å². The quantitative estimate of drug-likeness (QED) is 0.857. The molecule has 0 fully saturated rings. The zero-order valence-electron chi connectivity index (χ0n) is 11.3. The van der Waals surface area contributed by atoms with E-state index in [-0.39, 0.29) is 11.5 Å². The van der Waals surface area contributed by atoms with E-state index in [0.29, 0.717) is 6.42 Å². The van der Waals surface area contributed by atoms with Crippen LogP contribution in [-0.2, 0) is 5.41 Å². The first-order valence-corrected chi connectivity index (χ1v) is 5.82. The Labute approximate surface area is 103 Å². The van der Waals surface area contributed by atoms with E-state index in [2.05, 4.69) is 13.8 Å². The average Bonchev–Trinajstić information content (AvgIpc) is 2.26. The molecule has 1 aromatic rings. The molecule has 0 aliphatic carbocycles. The van der Waals surface area contributed by atoms with Crippen molar-refractivity contribution in [3.63, 3.8) is 0 Å². The van der Waals surface area contributed by atoms with E-state index >= 15 is 0 Å². The Kier molecular flexibility index (Phi) is 4.40. The molecule has 0 saturated heterocycles. The van der Waals surface area contributed by atoms with Crippen molar-refractivity contribution in [2.75, 3.05) is 14.2 Å². The van der Waals surface area contributed by atoms with E-state index < -0.39 is 0 Å². The van der Waals surface area contributed by atoms with Crippen molar-refractivity contribution in [1.29, 1.82) is 0 Å². The van der Waals surface area contributed by atoms with Crippen LogP contribution in [0.4, 0.5) is 0 Å². The van der Waals surface area contributed by atoms with Gasteiger partial charge in [0, 0.05) is 5.56 Å². The maximum Gasteiger partial charge on any atom is 0.126 e. The lowest BCUT2D eigenvalue weighted by atomic mass is 9.79. The summed E-state index contributed by atoms with van der Waals surface area (Å²) in [5, 5.41) is 9.59. The predicted molar refractivity (Wildman–Crippen MR) is 68.9 cm³/mol. The third-order valence-electron chi connectivity index (χ3n) is 2.91. The Morgan fingerprint density at radius 1 is 1.18 bits per heavy atom. The normalized spacial score (nSPS) is 13.3. The molecule has 0 amide bonds. The zero-order chi connectivity index (χ0) is 13.1. The summed E-state index contributed by atoms with van der Waals surface area (Å²) in [6.07, 6.45) is 0.295. The van der Waals surface area contributed by atoms with E-state index in [4.69, 9.17) is 9.47 Å². The summed E-state index contributed by atoms with van der Waals surface area (Å²) < 4.78 is 10.8. The summed E-state index contributed by atoms with van der Waals surface area (Å²) in [6.45, 7) is 5.96. The lowest BCUT2D eigenvalue weighted by Gasteiger charge is -2.30. The van der Waals surface area contributed by atoms with E-state index in [0.717, 1.165) is 17.1 Å². The highest BCUT2D eigenvalue weighted by Crippen LogP contribution is 2.41. The van der Waals surface area contributed by atoms with Gasteiger partial charge in [-0.15, -0.1) is 0 Å². The summed E-state index contributed by atoms with van der Waals surface area (Å²) in [5.41, 5.74) is 0.803. The Bertz CT molecular complexity index is 347. The molecule has 1 unspecified atom stereocenters. The van der Waals surface area contributed by atoms with E-state index in [9.17, 15) is 5.11 Å². The van der Waals surface area contributed by atoms with Crippen molar-refractivity contribution < 1.29 is 14.6 Å². The predicted octanol–water partition coefficient (Wildman–Crippen LogP) is 2.75. The van der Waals surface area contributed by atoms with Crippen LogP contribution in [0, 0.1) is 0 Å². The summed E-state index contributed by atoms with van der Waals surface area (Å²) in [5.74, 6) is 1.60. The van der Waals surface area contributed by atoms with Gasteiger partial charge < -0.3 is 14.6 Å². The minimum atomic E-state index is -0.361. The van der Waals surface area contributed by atoms with Crippen molar-refractivity contribution in [3.05, 3.63) is 23.8 Å². The minimum absolute atomic E-state index is 0.202. The van der Waals surface area contributed by atoms with Gasteiger partial charge in [-0.05, 0) is 30.9 Å². The molecule has 3 heteroatoms. The molecule has 17 heavy (non-hydrogen) atoms. The molecule has 0 spiro atoms. The molecular formula is C14H22O3. The number of rotatable bonds is 5. The monoisotopic (exact) mass is 238 g/mol. The van der Waals surface area contributed by atoms with Gasteiger partial charge in [0.1, 0.15) is 11.5 Å². The molecule has 0 aromatic heterocycles. The van der Waals surface area contributed by atoms with Crippen LogP contribution in [0.15, 0.2) is 18.2 Å². The Balaban J connectivity index is 3.26. The fourth-order valence-electron chi connectivity index (χ4n) is 2.36. The van der Waals surface area contributed by atoms with Crippen LogP contribution in [0.25, 0.3) is 0 Å². The summed E-state index contributed by atoms with van der Waals surface area (Å²) >= 11 is 0. The van der Waals surface area contributed by atoms with Crippen LogP contribution < -0.4 is 9.47 Å². The third kappa shape index (κ3) is 3.13. The van der Waals surface area contributed by atoms with Gasteiger partial charge in [-0.25, -0.2) is 0 Å². The number of ether oxygens (including phenoxy) is 2. The molecule has 0 saturated carbocycles. The molecule has 3 nitrogen and oxygen atoms in total. The van der Waals surface area contributed by atoms with E-state index in [1.807, 2.05) is 18.2 Å². The molecule has 0 aliphatic heterocycles. The highest BCUT2D eigenvalue weighted by molar-refractivity contribution is 5.49. The van der Waals surface area contributed by atoms with Gasteiger partial charge >= 0.3 is 0 Å². The van der Waals surface area contributed by atoms with Crippen LogP contribution in [0.5, 0.6) is 11.5 Å². The van der Waals surface area contributed by atoms with Gasteiger partial charge in [-0.2, -0.15) is 0 Å². The zero-order valence-corrected chi connectivity index (χ0v) is 11.3. The maximum absolute atomic E-state index is 9.59. The topological polar surface area (TPSA) is 38.7 Å². The van der Waals surface area contributed by atoms with Gasteiger partial charge in [-0.3, -0.25) is 0 Å². The van der Waals surface area contributed by atoms with Gasteiger partial charge in [-0.1, -0.05) is 19.9 Å². The van der Waals surface area contributed by atoms with Crippen molar-refractivity contribution in [2.24, 2.45) is 0 Å². The lowest BCUT2D eigenvalue weighted by Crippen LogP contribution is -2.24. The Morgan fingerprint density at radius 2 is 1.65 bits per heavy atom. The number of aliphatic hydroxyl groups is 1. The summed E-state index contributed by atoms with van der Waals surface area (Å²) in [6, 6.07) is 5.74. The number of benzene rings is 1. The van der Waals surface area contributed by atoms with E-state index in [1.54, 1.807) is 21.1 Å². The molecule has 1 rings (SSSR count). The maximum atomic E-state index is 9.59. The fourth-order valence-corrected chi connectivity index (χ4v) is 2.36. The van der Waals surface area contributed by atoms with Gasteiger partial charge in [0.05, 0.1) is 20.3 Å². The first-order valence-electron chi connectivity index (χ1n) is 5.82. The Morgan fingerprint density at radius 3 is 2.00 bits per heavy atom. The van der Waals surface area contributed by atoms with Crippen LogP contribution in [0.1, 0.15) is 32.8 Å². The van der Waals surface area contributed by atoms with Crippen molar-refractivity contribution >= 4 is 0 Å². The summed E-state index contributed by atoms with van der Waals surface area (Å²) in [4.78, 5) is 0. The molecular weight excluding hydrogens is 216 g/mol. The summed E-state index contributed by atoms with van der Waals surface area (Å²) in [7, 11) is 3.30. The lowest BCUT2D eigenvalue weighted by molar-refractivity contribution is 0.154. The number of hydrogen-bond donors (Lipinski definition) is 1. The van der Waals surface area contributed by atoms with Crippen molar-refractivity contribution in [2.45, 2.75) is 38.7 Å². The van der Waals surface area contributed by atoms with Gasteiger partial charge in [0.15, 0.2) is 0 Å². The Hall–Kier alpha value is -1.22. The standard InChI is InChI=1S/C14H22O3/c1-10(15)9-14(2,3)13-11(16-4)7-6-8-12(13)17-5/h6-8,10,15H,9H2,1-5H3. The minimum Gasteiger partial charge on any atom is -0.496 e. The van der Waals surface area contributed by atoms with Crippen LogP contribution >= 0.6 is 0 Å². The van der Waals surface area contributed by atoms with E-state index in [1.165, 1.54) is 0 Å². The number of aliphatic hydroxyl groups excluding tert-OH is 1.